The first kappa shape index (κ1) is 18.6. The van der Waals surface area contributed by atoms with Gasteiger partial charge < -0.3 is 20.1 Å². The van der Waals surface area contributed by atoms with E-state index in [-0.39, 0.29) is 6.03 Å². The minimum atomic E-state index is -0.282. The molecular weight excluding hydrogens is 316 g/mol. The number of ether oxygens (including phenoxy) is 2. The van der Waals surface area contributed by atoms with Crippen molar-refractivity contribution in [2.45, 2.75) is 33.1 Å². The van der Waals surface area contributed by atoms with Crippen LogP contribution in [0.2, 0.25) is 0 Å². The predicted molar refractivity (Wildman–Crippen MR) is 102 cm³/mol. The number of aryl methyl sites for hydroxylation is 1. The van der Waals surface area contributed by atoms with Gasteiger partial charge in [-0.3, -0.25) is 0 Å². The van der Waals surface area contributed by atoms with E-state index >= 15 is 0 Å². The second-order valence-electron chi connectivity index (χ2n) is 6.04. The van der Waals surface area contributed by atoms with Crippen molar-refractivity contribution in [2.24, 2.45) is 0 Å². The molecule has 0 saturated carbocycles. The Morgan fingerprint density at radius 2 is 1.76 bits per heavy atom. The number of carbonyl (C=O) groups excluding carboxylic acids is 1. The Labute approximate surface area is 149 Å². The maximum Gasteiger partial charge on any atom is 0.323 e. The van der Waals surface area contributed by atoms with E-state index in [0.29, 0.717) is 23.1 Å². The molecule has 0 aliphatic heterocycles. The van der Waals surface area contributed by atoms with Crippen molar-refractivity contribution in [3.63, 3.8) is 0 Å². The van der Waals surface area contributed by atoms with E-state index in [9.17, 15) is 4.79 Å². The molecule has 0 aliphatic rings. The Hall–Kier alpha value is -2.69. The van der Waals surface area contributed by atoms with E-state index in [1.54, 1.807) is 32.4 Å². The van der Waals surface area contributed by atoms with Crippen molar-refractivity contribution in [2.75, 3.05) is 24.9 Å². The van der Waals surface area contributed by atoms with Crippen LogP contribution in [0, 0.1) is 0 Å². The minimum absolute atomic E-state index is 0.282. The highest BCUT2D eigenvalue weighted by Gasteiger charge is 2.14. The Morgan fingerprint density at radius 3 is 2.36 bits per heavy atom. The van der Waals surface area contributed by atoms with Crippen LogP contribution in [0.25, 0.3) is 0 Å². The number of rotatable bonds is 6. The molecule has 0 saturated heterocycles. The van der Waals surface area contributed by atoms with Gasteiger partial charge in [-0.05, 0) is 35.6 Å². The van der Waals surface area contributed by atoms with Gasteiger partial charge in [0.25, 0.3) is 0 Å². The number of hydrogen-bond acceptors (Lipinski definition) is 3. The largest absolute Gasteiger partial charge is 0.493 e. The Balaban J connectivity index is 2.21. The molecule has 134 valence electrons. The third kappa shape index (κ3) is 4.44. The van der Waals surface area contributed by atoms with Gasteiger partial charge in [0.05, 0.1) is 14.2 Å². The molecule has 5 nitrogen and oxygen atoms in total. The molecule has 25 heavy (non-hydrogen) atoms. The van der Waals surface area contributed by atoms with E-state index in [1.807, 2.05) is 12.1 Å². The van der Waals surface area contributed by atoms with Gasteiger partial charge >= 0.3 is 6.03 Å². The molecule has 0 aromatic heterocycles. The number of amides is 2. The van der Waals surface area contributed by atoms with Gasteiger partial charge in [-0.2, -0.15) is 0 Å². The summed E-state index contributed by atoms with van der Waals surface area (Å²) in [5, 5.41) is 5.85. The first-order chi connectivity index (χ1) is 12.0. The van der Waals surface area contributed by atoms with Crippen molar-refractivity contribution in [1.82, 2.24) is 0 Å². The standard InChI is InChI=1S/C20H26N2O3/c1-6-14-8-7-9-16(13(2)3)19(14)22-20(23)21-15-10-11-17(24-4)18(12-15)25-5/h7-13H,6H2,1-5H3,(H2,21,22,23). The van der Waals surface area contributed by atoms with Crippen LogP contribution in [0.4, 0.5) is 16.2 Å². The quantitative estimate of drug-likeness (QED) is 0.774. The summed E-state index contributed by atoms with van der Waals surface area (Å²) in [7, 11) is 3.14. The van der Waals surface area contributed by atoms with Crippen molar-refractivity contribution in [3.05, 3.63) is 47.5 Å². The first-order valence-electron chi connectivity index (χ1n) is 8.41. The zero-order valence-electron chi connectivity index (χ0n) is 15.5. The number of carbonyl (C=O) groups is 1. The van der Waals surface area contributed by atoms with E-state index in [2.05, 4.69) is 37.5 Å². The van der Waals surface area contributed by atoms with Crippen LogP contribution in [-0.2, 0) is 6.42 Å². The normalized spacial score (nSPS) is 10.5. The van der Waals surface area contributed by atoms with E-state index in [4.69, 9.17) is 9.47 Å². The van der Waals surface area contributed by atoms with Crippen LogP contribution in [0.5, 0.6) is 11.5 Å². The van der Waals surface area contributed by atoms with E-state index in [1.165, 1.54) is 0 Å². The lowest BCUT2D eigenvalue weighted by Gasteiger charge is -2.18. The average Bonchev–Trinajstić information content (AvgIpc) is 2.61. The highest BCUT2D eigenvalue weighted by Crippen LogP contribution is 2.31. The van der Waals surface area contributed by atoms with Gasteiger partial charge in [0, 0.05) is 17.4 Å². The Bertz CT molecular complexity index is 742. The van der Waals surface area contributed by atoms with Crippen LogP contribution in [0.15, 0.2) is 36.4 Å². The third-order valence-electron chi connectivity index (χ3n) is 4.07. The van der Waals surface area contributed by atoms with Crippen molar-refractivity contribution >= 4 is 17.4 Å². The van der Waals surface area contributed by atoms with Crippen molar-refractivity contribution in [1.29, 1.82) is 0 Å². The maximum atomic E-state index is 12.5. The molecule has 5 heteroatoms. The molecule has 2 aromatic rings. The summed E-state index contributed by atoms with van der Waals surface area (Å²) < 4.78 is 10.5. The van der Waals surface area contributed by atoms with Crippen LogP contribution in [-0.4, -0.2) is 20.3 Å². The van der Waals surface area contributed by atoms with Gasteiger partial charge in [-0.1, -0.05) is 39.0 Å². The lowest BCUT2D eigenvalue weighted by Crippen LogP contribution is -2.21. The molecule has 0 spiro atoms. The smallest absolute Gasteiger partial charge is 0.323 e. The lowest BCUT2D eigenvalue weighted by molar-refractivity contribution is 0.262. The summed E-state index contributed by atoms with van der Waals surface area (Å²) in [5.41, 5.74) is 3.77. The third-order valence-corrected chi connectivity index (χ3v) is 4.07. The summed E-state index contributed by atoms with van der Waals surface area (Å²) in [6, 6.07) is 11.1. The molecule has 0 fully saturated rings. The topological polar surface area (TPSA) is 59.6 Å². The average molecular weight is 342 g/mol. The number of benzene rings is 2. The van der Waals surface area contributed by atoms with Crippen LogP contribution in [0.1, 0.15) is 37.8 Å². The SMILES string of the molecule is CCc1cccc(C(C)C)c1NC(=O)Nc1ccc(OC)c(OC)c1. The molecule has 2 N–H and O–H groups in total. The van der Waals surface area contributed by atoms with Crippen molar-refractivity contribution < 1.29 is 14.3 Å². The lowest BCUT2D eigenvalue weighted by atomic mass is 9.96. The fourth-order valence-electron chi connectivity index (χ4n) is 2.74. The highest BCUT2D eigenvalue weighted by molar-refractivity contribution is 6.01. The zero-order valence-corrected chi connectivity index (χ0v) is 15.5. The van der Waals surface area contributed by atoms with Gasteiger partial charge in [0.15, 0.2) is 11.5 Å². The number of urea groups is 1. The zero-order chi connectivity index (χ0) is 18.4. The van der Waals surface area contributed by atoms with Crippen LogP contribution in [0.3, 0.4) is 0 Å². The monoisotopic (exact) mass is 342 g/mol. The molecular formula is C20H26N2O3. The summed E-state index contributed by atoms with van der Waals surface area (Å²) in [4.78, 5) is 12.5. The molecule has 0 bridgehead atoms. The summed E-state index contributed by atoms with van der Waals surface area (Å²) >= 11 is 0. The van der Waals surface area contributed by atoms with Crippen molar-refractivity contribution in [3.8, 4) is 11.5 Å². The second kappa shape index (κ2) is 8.42. The first-order valence-corrected chi connectivity index (χ1v) is 8.41. The van der Waals surface area contributed by atoms with E-state index < -0.39 is 0 Å². The number of hydrogen-bond donors (Lipinski definition) is 2. The summed E-state index contributed by atoms with van der Waals surface area (Å²) in [6.45, 7) is 6.31. The molecule has 2 aromatic carbocycles. The molecule has 0 atom stereocenters. The van der Waals surface area contributed by atoms with Gasteiger partial charge in [-0.25, -0.2) is 4.79 Å². The number of anilines is 2. The predicted octanol–water partition coefficient (Wildman–Crippen LogP) is 5.03. The van der Waals surface area contributed by atoms with Gasteiger partial charge in [0.1, 0.15) is 0 Å². The fourth-order valence-corrected chi connectivity index (χ4v) is 2.74. The fraction of sp³-hybridized carbons (Fsp3) is 0.350. The van der Waals surface area contributed by atoms with Crippen LogP contribution >= 0.6 is 0 Å². The highest BCUT2D eigenvalue weighted by atomic mass is 16.5. The number of para-hydroxylation sites is 1. The molecule has 2 rings (SSSR count). The van der Waals surface area contributed by atoms with Gasteiger partial charge in [0.2, 0.25) is 0 Å². The molecule has 0 radical (unpaired) electrons. The summed E-state index contributed by atoms with van der Waals surface area (Å²) in [5.74, 6) is 1.51. The second-order valence-corrected chi connectivity index (χ2v) is 6.04. The Kier molecular flexibility index (Phi) is 6.28. The summed E-state index contributed by atoms with van der Waals surface area (Å²) in [6.07, 6.45) is 0.854. The number of methoxy groups -OCH3 is 2. The molecule has 0 unspecified atom stereocenters. The minimum Gasteiger partial charge on any atom is -0.493 e. The number of nitrogens with one attached hydrogen (secondary N) is 2. The maximum absolute atomic E-state index is 12.5. The van der Waals surface area contributed by atoms with E-state index in [0.717, 1.165) is 23.2 Å². The van der Waals surface area contributed by atoms with Gasteiger partial charge in [-0.15, -0.1) is 0 Å². The molecule has 0 heterocycles. The van der Waals surface area contributed by atoms with Crippen LogP contribution < -0.4 is 20.1 Å². The molecule has 0 aliphatic carbocycles. The molecule has 2 amide bonds. The Morgan fingerprint density at radius 1 is 1.04 bits per heavy atom.